The minimum atomic E-state index is -1.25. The Labute approximate surface area is 230 Å². The van der Waals surface area contributed by atoms with Crippen molar-refractivity contribution in [3.05, 3.63) is 54.1 Å². The molecule has 1 spiro atoms. The number of amides is 2. The first-order chi connectivity index (χ1) is 17.7. The number of aryl methyl sites for hydroxylation is 1. The van der Waals surface area contributed by atoms with E-state index in [0.29, 0.717) is 30.0 Å². The van der Waals surface area contributed by atoms with Crippen molar-refractivity contribution in [3.63, 3.8) is 0 Å². The molecule has 8 nitrogen and oxygen atoms in total. The van der Waals surface area contributed by atoms with Crippen molar-refractivity contribution in [2.24, 2.45) is 11.8 Å². The van der Waals surface area contributed by atoms with E-state index in [1.54, 1.807) is 24.3 Å². The van der Waals surface area contributed by atoms with E-state index in [0.717, 1.165) is 5.56 Å². The summed E-state index contributed by atoms with van der Waals surface area (Å²) in [7, 11) is 0. The molecule has 3 saturated heterocycles. The number of rotatable bonds is 11. The van der Waals surface area contributed by atoms with Gasteiger partial charge < -0.3 is 24.4 Å². The molecule has 200 valence electrons. The number of ether oxygens (including phenoxy) is 2. The predicted molar refractivity (Wildman–Crippen MR) is 144 cm³/mol. The largest absolute Gasteiger partial charge is 0.465 e. The van der Waals surface area contributed by atoms with Crippen molar-refractivity contribution < 1.29 is 29.0 Å². The van der Waals surface area contributed by atoms with Gasteiger partial charge in [0, 0.05) is 17.9 Å². The Balaban J connectivity index is 1.74. The molecule has 37 heavy (non-hydrogen) atoms. The molecule has 1 aromatic rings. The fraction of sp³-hybridized carbons (Fsp3) is 0.519. The van der Waals surface area contributed by atoms with E-state index in [1.165, 1.54) is 9.80 Å². The summed E-state index contributed by atoms with van der Waals surface area (Å²) >= 11 is 10.2. The Bertz CT molecular complexity index is 1080. The van der Waals surface area contributed by atoms with E-state index in [-0.39, 0.29) is 31.1 Å². The van der Waals surface area contributed by atoms with Gasteiger partial charge in [-0.25, -0.2) is 0 Å². The zero-order valence-corrected chi connectivity index (χ0v) is 23.1. The van der Waals surface area contributed by atoms with Crippen LogP contribution in [0.2, 0.25) is 5.02 Å². The van der Waals surface area contributed by atoms with Crippen molar-refractivity contribution in [1.82, 2.24) is 4.90 Å². The number of hydrogen-bond acceptors (Lipinski definition) is 6. The second-order valence-corrected chi connectivity index (χ2v) is 11.2. The van der Waals surface area contributed by atoms with Gasteiger partial charge in [-0.15, -0.1) is 13.2 Å². The Morgan fingerprint density at radius 1 is 1.38 bits per heavy atom. The van der Waals surface area contributed by atoms with Crippen LogP contribution in [0.1, 0.15) is 24.8 Å². The summed E-state index contributed by atoms with van der Waals surface area (Å²) in [6.07, 6.45) is 4.41. The van der Waals surface area contributed by atoms with Crippen LogP contribution in [0.5, 0.6) is 0 Å². The number of aliphatic hydroxyl groups is 1. The summed E-state index contributed by atoms with van der Waals surface area (Å²) in [6, 6.07) is 4.29. The van der Waals surface area contributed by atoms with Gasteiger partial charge in [0.25, 0.3) is 5.91 Å². The fourth-order valence-electron chi connectivity index (χ4n) is 6.06. The number of unbranched alkanes of at least 4 members (excludes halogenated alkanes) is 1. The topological polar surface area (TPSA) is 96.4 Å². The lowest BCUT2D eigenvalue weighted by Crippen LogP contribution is -2.57. The molecule has 2 bridgehead atoms. The lowest BCUT2D eigenvalue weighted by atomic mass is 9.70. The highest BCUT2D eigenvalue weighted by molar-refractivity contribution is 9.09. The maximum absolute atomic E-state index is 14.3. The van der Waals surface area contributed by atoms with Crippen LogP contribution in [0.4, 0.5) is 5.69 Å². The van der Waals surface area contributed by atoms with Crippen molar-refractivity contribution in [2.75, 3.05) is 31.2 Å². The van der Waals surface area contributed by atoms with Crippen molar-refractivity contribution in [1.29, 1.82) is 0 Å². The number of alkyl halides is 1. The minimum Gasteiger partial charge on any atom is -0.465 e. The number of β-amino-alcohol motifs (C(OH)–C–C–N with tert-alkyl or cyclic N) is 1. The third-order valence-electron chi connectivity index (χ3n) is 7.47. The molecule has 3 fully saturated rings. The summed E-state index contributed by atoms with van der Waals surface area (Å²) in [4.78, 5) is 44.0. The summed E-state index contributed by atoms with van der Waals surface area (Å²) < 4.78 is 12.0. The molecule has 0 aromatic heterocycles. The molecular formula is C27H32BrClN2O6. The van der Waals surface area contributed by atoms with Gasteiger partial charge in [-0.1, -0.05) is 51.8 Å². The van der Waals surface area contributed by atoms with Gasteiger partial charge in [0.05, 0.1) is 41.9 Å². The molecule has 3 unspecified atom stereocenters. The van der Waals surface area contributed by atoms with E-state index in [9.17, 15) is 19.5 Å². The molecule has 3 aliphatic rings. The number of likely N-dealkylation sites (tertiary alicyclic amines) is 1. The van der Waals surface area contributed by atoms with Gasteiger partial charge in [-0.05, 0) is 37.8 Å². The van der Waals surface area contributed by atoms with Gasteiger partial charge in [0.2, 0.25) is 5.91 Å². The number of fused-ring (bicyclic) bond motifs is 1. The summed E-state index contributed by atoms with van der Waals surface area (Å²) in [6.45, 7) is 9.26. The van der Waals surface area contributed by atoms with Gasteiger partial charge in [0.1, 0.15) is 11.6 Å². The van der Waals surface area contributed by atoms with Crippen LogP contribution < -0.4 is 4.90 Å². The lowest BCUT2D eigenvalue weighted by molar-refractivity contribution is -0.155. The number of aliphatic hydroxyl groups excluding tert-OH is 1. The average Bonchev–Trinajstić information content (AvgIpc) is 3.44. The van der Waals surface area contributed by atoms with Crippen molar-refractivity contribution in [3.8, 4) is 0 Å². The molecule has 0 aliphatic carbocycles. The number of benzene rings is 1. The molecule has 0 radical (unpaired) electrons. The number of hydrogen-bond donors (Lipinski definition) is 1. The molecule has 0 saturated carbocycles. The minimum absolute atomic E-state index is 0.0704. The smallest absolute Gasteiger partial charge is 0.312 e. The Morgan fingerprint density at radius 3 is 2.78 bits per heavy atom. The molecule has 6 atom stereocenters. The number of para-hydroxylation sites is 1. The van der Waals surface area contributed by atoms with Crippen LogP contribution in [-0.2, 0) is 23.9 Å². The summed E-state index contributed by atoms with van der Waals surface area (Å²) in [5.41, 5.74) is 0.0545. The van der Waals surface area contributed by atoms with E-state index < -0.39 is 47.4 Å². The first-order valence-electron chi connectivity index (χ1n) is 12.4. The van der Waals surface area contributed by atoms with Gasteiger partial charge in [-0.3, -0.25) is 14.4 Å². The fourth-order valence-corrected chi connectivity index (χ4v) is 7.32. The second-order valence-electron chi connectivity index (χ2n) is 9.66. The molecule has 1 aromatic carbocycles. The van der Waals surface area contributed by atoms with Crippen LogP contribution in [0.3, 0.4) is 0 Å². The molecular weight excluding hydrogens is 564 g/mol. The van der Waals surface area contributed by atoms with E-state index in [1.807, 2.05) is 13.0 Å². The zero-order chi connectivity index (χ0) is 26.9. The molecule has 10 heteroatoms. The van der Waals surface area contributed by atoms with Gasteiger partial charge in [-0.2, -0.15) is 0 Å². The van der Waals surface area contributed by atoms with E-state index >= 15 is 0 Å². The van der Waals surface area contributed by atoms with Crippen LogP contribution >= 0.6 is 27.5 Å². The Kier molecular flexibility index (Phi) is 8.48. The average molecular weight is 596 g/mol. The number of nitrogens with zero attached hydrogens (tertiary/aromatic N) is 2. The monoisotopic (exact) mass is 594 g/mol. The van der Waals surface area contributed by atoms with E-state index in [4.69, 9.17) is 21.1 Å². The standard InChI is InChI=1S/C27H32BrClN2O6/c1-4-6-7-14-36-26(35)19-20-24(33)31(12-13-32)23(27(20)15-17(28)22(19)37-27)25(34)30(11-5-2)21-16(3)9-8-10-18(21)29/h4-5,8-10,17,19-20,22-23,32H,1-2,6-7,11-15H2,3H3/t17?,19-,20-,22-,23?,27?/m0/s1. The van der Waals surface area contributed by atoms with Crippen LogP contribution in [0.25, 0.3) is 0 Å². The summed E-state index contributed by atoms with van der Waals surface area (Å²) in [5, 5.41) is 10.2. The molecule has 3 heterocycles. The van der Waals surface area contributed by atoms with E-state index in [2.05, 4.69) is 29.1 Å². The third-order valence-corrected chi connectivity index (χ3v) is 8.62. The maximum Gasteiger partial charge on any atom is 0.312 e. The molecule has 1 N–H and O–H groups in total. The van der Waals surface area contributed by atoms with Crippen LogP contribution in [0, 0.1) is 18.8 Å². The number of allylic oxidation sites excluding steroid dienone is 1. The van der Waals surface area contributed by atoms with Crippen LogP contribution in [-0.4, -0.2) is 76.7 Å². The van der Waals surface area contributed by atoms with Crippen LogP contribution in [0.15, 0.2) is 43.5 Å². The first-order valence-corrected chi connectivity index (χ1v) is 13.7. The highest BCUT2D eigenvalue weighted by Crippen LogP contribution is 2.60. The quantitative estimate of drug-likeness (QED) is 0.182. The molecule has 4 rings (SSSR count). The first kappa shape index (κ1) is 27.8. The number of carbonyl (C=O) groups is 3. The van der Waals surface area contributed by atoms with Crippen molar-refractivity contribution in [2.45, 2.75) is 48.8 Å². The third kappa shape index (κ3) is 4.64. The predicted octanol–water partition coefficient (Wildman–Crippen LogP) is 3.42. The second kappa shape index (κ2) is 11.3. The SMILES string of the molecule is C=CCCCOC(=O)[C@H]1[C@H]2C(=O)N(CCO)C(C(=O)N(CC=C)c3c(C)cccc3Cl)C23CC(Br)[C@@H]1O3. The van der Waals surface area contributed by atoms with Crippen molar-refractivity contribution >= 4 is 51.0 Å². The maximum atomic E-state index is 14.3. The zero-order valence-electron chi connectivity index (χ0n) is 20.8. The number of esters is 1. The normalized spacial score (nSPS) is 29.8. The highest BCUT2D eigenvalue weighted by atomic mass is 79.9. The summed E-state index contributed by atoms with van der Waals surface area (Å²) in [5.74, 6) is -3.06. The van der Waals surface area contributed by atoms with Gasteiger partial charge >= 0.3 is 5.97 Å². The Morgan fingerprint density at radius 2 is 2.14 bits per heavy atom. The molecule has 3 aliphatic heterocycles. The number of halogens is 2. The Hall–Kier alpha value is -2.20. The molecule has 2 amide bonds. The van der Waals surface area contributed by atoms with Gasteiger partial charge in [0.15, 0.2) is 0 Å². The lowest BCUT2D eigenvalue weighted by Gasteiger charge is -2.37. The number of carbonyl (C=O) groups excluding carboxylic acids is 3. The highest BCUT2D eigenvalue weighted by Gasteiger charge is 2.77. The number of anilines is 1.